The molecule has 0 aromatic heterocycles. The first kappa shape index (κ1) is 22.6. The number of halogens is 5. The monoisotopic (exact) mass is 416 g/mol. The number of alkyl halides is 3. The molecular formula is C20H21F5N2O2. The molecule has 0 saturated heterocycles. The molecule has 1 atom stereocenters. The number of nitrogens with zero attached hydrogens (tertiary/aromatic N) is 2. The first-order valence-electron chi connectivity index (χ1n) is 8.63. The number of aryl methyl sites for hydroxylation is 1. The summed E-state index contributed by atoms with van der Waals surface area (Å²) in [6.07, 6.45) is -3.88. The van der Waals surface area contributed by atoms with Gasteiger partial charge in [-0.1, -0.05) is 0 Å². The van der Waals surface area contributed by atoms with Crippen molar-refractivity contribution in [2.75, 3.05) is 20.7 Å². The van der Waals surface area contributed by atoms with Gasteiger partial charge in [0.25, 0.3) is 0 Å². The van der Waals surface area contributed by atoms with Crippen molar-refractivity contribution in [3.63, 3.8) is 0 Å². The van der Waals surface area contributed by atoms with Crippen molar-refractivity contribution in [3.05, 3.63) is 58.7 Å². The lowest BCUT2D eigenvalue weighted by Crippen LogP contribution is -2.44. The van der Waals surface area contributed by atoms with Gasteiger partial charge in [0.15, 0.2) is 0 Å². The third-order valence-electron chi connectivity index (χ3n) is 4.53. The van der Waals surface area contributed by atoms with Gasteiger partial charge in [0.05, 0.1) is 19.1 Å². The first-order valence-corrected chi connectivity index (χ1v) is 8.63. The van der Waals surface area contributed by atoms with Crippen LogP contribution in [0.5, 0.6) is 5.75 Å². The van der Waals surface area contributed by atoms with E-state index in [4.69, 9.17) is 4.74 Å². The van der Waals surface area contributed by atoms with Crippen LogP contribution in [0.4, 0.5) is 27.6 Å². The number of methoxy groups -OCH3 is 1. The molecule has 0 radical (unpaired) electrons. The Morgan fingerprint density at radius 2 is 1.79 bits per heavy atom. The lowest BCUT2D eigenvalue weighted by Gasteiger charge is -2.33. The number of hydrogen-bond donors (Lipinski definition) is 1. The van der Waals surface area contributed by atoms with E-state index < -0.39 is 34.5 Å². The van der Waals surface area contributed by atoms with E-state index in [0.717, 1.165) is 13.2 Å². The van der Waals surface area contributed by atoms with Gasteiger partial charge in [-0.25, -0.2) is 13.8 Å². The maximum Gasteiger partial charge on any atom is 0.426 e. The van der Waals surface area contributed by atoms with Gasteiger partial charge in [-0.3, -0.25) is 0 Å². The van der Waals surface area contributed by atoms with E-state index in [-0.39, 0.29) is 11.3 Å². The molecule has 0 spiro atoms. The molecule has 0 aliphatic rings. The van der Waals surface area contributed by atoms with Crippen LogP contribution in [0.1, 0.15) is 23.6 Å². The molecule has 2 rings (SSSR count). The fraction of sp³-hybridized carbons (Fsp3) is 0.350. The highest BCUT2D eigenvalue weighted by molar-refractivity contribution is 5.66. The Hall–Kier alpha value is -2.68. The molecule has 1 N–H and O–H groups in total. The summed E-state index contributed by atoms with van der Waals surface area (Å²) < 4.78 is 74.9. The van der Waals surface area contributed by atoms with Gasteiger partial charge in [0, 0.05) is 30.8 Å². The zero-order valence-corrected chi connectivity index (χ0v) is 16.3. The summed E-state index contributed by atoms with van der Waals surface area (Å²) in [5.41, 5.74) is -5.28. The van der Waals surface area contributed by atoms with Gasteiger partial charge in [0.1, 0.15) is 17.4 Å². The van der Waals surface area contributed by atoms with Crippen molar-refractivity contribution in [1.82, 2.24) is 4.90 Å². The fourth-order valence-electron chi connectivity index (χ4n) is 2.74. The topological polar surface area (TPSA) is 45.1 Å². The molecule has 9 heteroatoms. The molecule has 1 unspecified atom stereocenters. The van der Waals surface area contributed by atoms with E-state index >= 15 is 0 Å². The zero-order chi connectivity index (χ0) is 22.0. The molecule has 2 aromatic carbocycles. The number of aliphatic hydroxyl groups is 1. The Kier molecular flexibility index (Phi) is 6.52. The van der Waals surface area contributed by atoms with Crippen molar-refractivity contribution in [2.45, 2.75) is 25.6 Å². The molecule has 0 bridgehead atoms. The lowest BCUT2D eigenvalue weighted by atomic mass is 9.83. The van der Waals surface area contributed by atoms with Crippen LogP contribution >= 0.6 is 0 Å². The van der Waals surface area contributed by atoms with Crippen LogP contribution in [0.25, 0.3) is 0 Å². The molecule has 0 heterocycles. The highest BCUT2D eigenvalue weighted by Crippen LogP contribution is 2.49. The van der Waals surface area contributed by atoms with Crippen molar-refractivity contribution >= 4 is 12.0 Å². The van der Waals surface area contributed by atoms with Crippen LogP contribution in [0, 0.1) is 18.6 Å². The number of rotatable bonds is 6. The second-order valence-corrected chi connectivity index (χ2v) is 6.49. The minimum atomic E-state index is -5.37. The van der Waals surface area contributed by atoms with Gasteiger partial charge >= 0.3 is 6.18 Å². The van der Waals surface area contributed by atoms with Crippen LogP contribution in [-0.4, -0.2) is 43.2 Å². The van der Waals surface area contributed by atoms with Crippen molar-refractivity contribution in [1.29, 1.82) is 0 Å². The second kappa shape index (κ2) is 8.36. The standard InChI is InChI=1S/C20H21F5N2O2/c1-5-27(3)11-26-17-10-18(29-4)15(8-12(17)2)19(28,20(23,24)25)14-9-13(21)6-7-16(14)22/h6-11,28H,5H2,1-4H3/b26-11+. The Balaban J connectivity index is 2.77. The van der Waals surface area contributed by atoms with E-state index in [1.165, 1.54) is 19.3 Å². The summed E-state index contributed by atoms with van der Waals surface area (Å²) in [6, 6.07) is 3.73. The van der Waals surface area contributed by atoms with Crippen LogP contribution in [0.2, 0.25) is 0 Å². The fourth-order valence-corrected chi connectivity index (χ4v) is 2.74. The quantitative estimate of drug-likeness (QED) is 0.422. The van der Waals surface area contributed by atoms with Crippen LogP contribution < -0.4 is 4.74 Å². The molecule has 2 aromatic rings. The summed E-state index contributed by atoms with van der Waals surface area (Å²) in [7, 11) is 2.87. The highest BCUT2D eigenvalue weighted by Gasteiger charge is 2.59. The lowest BCUT2D eigenvalue weighted by molar-refractivity contribution is -0.249. The molecule has 4 nitrogen and oxygen atoms in total. The van der Waals surface area contributed by atoms with Crippen molar-refractivity contribution < 1.29 is 31.8 Å². The van der Waals surface area contributed by atoms with Gasteiger partial charge < -0.3 is 14.7 Å². The highest BCUT2D eigenvalue weighted by atomic mass is 19.4. The number of ether oxygens (including phenoxy) is 1. The minimum absolute atomic E-state index is 0.279. The zero-order valence-electron chi connectivity index (χ0n) is 16.3. The van der Waals surface area contributed by atoms with Gasteiger partial charge in [-0.2, -0.15) is 13.2 Å². The Morgan fingerprint density at radius 1 is 1.14 bits per heavy atom. The van der Waals surface area contributed by atoms with E-state index in [0.29, 0.717) is 30.4 Å². The summed E-state index contributed by atoms with van der Waals surface area (Å²) in [5, 5.41) is 10.7. The van der Waals surface area contributed by atoms with Crippen LogP contribution in [0.3, 0.4) is 0 Å². The third kappa shape index (κ3) is 4.34. The second-order valence-electron chi connectivity index (χ2n) is 6.49. The molecule has 158 valence electrons. The van der Waals surface area contributed by atoms with E-state index in [1.54, 1.807) is 11.9 Å². The summed E-state index contributed by atoms with van der Waals surface area (Å²) >= 11 is 0. The van der Waals surface area contributed by atoms with E-state index in [9.17, 15) is 27.1 Å². The van der Waals surface area contributed by atoms with Crippen molar-refractivity contribution in [2.24, 2.45) is 4.99 Å². The smallest absolute Gasteiger partial charge is 0.426 e. The van der Waals surface area contributed by atoms with Crippen molar-refractivity contribution in [3.8, 4) is 5.75 Å². The number of aliphatic imine (C=N–C) groups is 1. The summed E-state index contributed by atoms with van der Waals surface area (Å²) in [6.45, 7) is 4.03. The average molecular weight is 416 g/mol. The van der Waals surface area contributed by atoms with Gasteiger partial charge in [-0.05, 0) is 43.7 Å². The predicted molar refractivity (Wildman–Crippen MR) is 99.6 cm³/mol. The predicted octanol–water partition coefficient (Wildman–Crippen LogP) is 4.69. The van der Waals surface area contributed by atoms with Crippen LogP contribution in [-0.2, 0) is 5.60 Å². The Morgan fingerprint density at radius 3 is 2.34 bits per heavy atom. The Labute approximate surface area is 165 Å². The van der Waals surface area contributed by atoms with Crippen LogP contribution in [0.15, 0.2) is 35.3 Å². The summed E-state index contributed by atoms with van der Waals surface area (Å²) in [5.74, 6) is -2.90. The number of benzene rings is 2. The molecule has 0 aliphatic heterocycles. The molecule has 0 fully saturated rings. The van der Waals surface area contributed by atoms with Gasteiger partial charge in [0.2, 0.25) is 5.60 Å². The normalized spacial score (nSPS) is 14.1. The van der Waals surface area contributed by atoms with E-state index in [1.807, 2.05) is 6.92 Å². The first-order chi connectivity index (χ1) is 13.4. The van der Waals surface area contributed by atoms with E-state index in [2.05, 4.69) is 4.99 Å². The average Bonchev–Trinajstić information content (AvgIpc) is 2.66. The largest absolute Gasteiger partial charge is 0.496 e. The molecule has 0 aliphatic carbocycles. The molecular weight excluding hydrogens is 395 g/mol. The number of hydrogen-bond acceptors (Lipinski definition) is 3. The van der Waals surface area contributed by atoms with Gasteiger partial charge in [-0.15, -0.1) is 0 Å². The molecule has 0 saturated carbocycles. The SMILES string of the molecule is CCN(C)/C=N/c1cc(OC)c(C(O)(c2cc(F)ccc2F)C(F)(F)F)cc1C. The maximum absolute atomic E-state index is 14.2. The third-order valence-corrected chi connectivity index (χ3v) is 4.53. The molecule has 0 amide bonds. The summed E-state index contributed by atoms with van der Waals surface area (Å²) in [4.78, 5) is 5.94. The minimum Gasteiger partial charge on any atom is -0.496 e. The Bertz CT molecular complexity index is 914. The maximum atomic E-state index is 14.2. The molecule has 29 heavy (non-hydrogen) atoms.